The summed E-state index contributed by atoms with van der Waals surface area (Å²) >= 11 is 0. The van der Waals surface area contributed by atoms with Crippen LogP contribution in [-0.2, 0) is 11.2 Å². The monoisotopic (exact) mass is 524 g/mol. The number of carbonyl (C=O) groups is 1. The summed E-state index contributed by atoms with van der Waals surface area (Å²) in [6.07, 6.45) is 7.34. The van der Waals surface area contributed by atoms with E-state index in [0.717, 1.165) is 5.56 Å². The number of hydrogen-bond acceptors (Lipinski definition) is 10. The number of hydrogen-bond donors (Lipinski definition) is 2. The molecule has 0 saturated heterocycles. The highest BCUT2D eigenvalue weighted by atomic mass is 16.5. The Hall–Kier alpha value is -5.05. The molecule has 198 valence electrons. The Bertz CT molecular complexity index is 1570. The lowest BCUT2D eigenvalue weighted by molar-refractivity contribution is -0.117. The number of nitrogens with one attached hydrogen (secondary N) is 1. The average Bonchev–Trinajstić information content (AvgIpc) is 3.36. The van der Waals surface area contributed by atoms with Crippen molar-refractivity contribution in [3.05, 3.63) is 66.3 Å². The SMILES string of the molecule is CCOc1ccc(-c2cc3ncc(CC(N)=O)c(N[C@@H]4C=CN(c5ccc(C#N)nn5)CC4(C)C)n3n2)cn1. The second-order valence-electron chi connectivity index (χ2n) is 9.86. The first-order valence-corrected chi connectivity index (χ1v) is 12.5. The van der Waals surface area contributed by atoms with E-state index in [-0.39, 0.29) is 23.6 Å². The van der Waals surface area contributed by atoms with Crippen LogP contribution in [0.3, 0.4) is 0 Å². The number of ether oxygens (including phenoxy) is 1. The molecular formula is C27H28N10O2. The van der Waals surface area contributed by atoms with Crippen LogP contribution >= 0.6 is 0 Å². The van der Waals surface area contributed by atoms with Gasteiger partial charge in [0.1, 0.15) is 11.9 Å². The molecule has 1 atom stereocenters. The van der Waals surface area contributed by atoms with E-state index in [0.29, 0.717) is 47.6 Å². The third-order valence-electron chi connectivity index (χ3n) is 6.48. The summed E-state index contributed by atoms with van der Waals surface area (Å²) in [5.74, 6) is 1.37. The van der Waals surface area contributed by atoms with Gasteiger partial charge in [-0.05, 0) is 31.2 Å². The van der Waals surface area contributed by atoms with Crippen LogP contribution in [0.4, 0.5) is 11.6 Å². The largest absolute Gasteiger partial charge is 0.478 e. The van der Waals surface area contributed by atoms with Crippen molar-refractivity contribution in [1.82, 2.24) is 29.8 Å². The molecule has 1 aliphatic heterocycles. The second kappa shape index (κ2) is 10.4. The number of carbonyl (C=O) groups excluding carboxylic acids is 1. The molecule has 12 nitrogen and oxygen atoms in total. The van der Waals surface area contributed by atoms with Gasteiger partial charge in [0.05, 0.1) is 24.8 Å². The number of nitrogens with two attached hydrogens (primary N) is 1. The molecule has 1 aliphatic rings. The molecule has 0 aliphatic carbocycles. The van der Waals surface area contributed by atoms with Crippen LogP contribution in [-0.4, -0.2) is 54.9 Å². The second-order valence-corrected chi connectivity index (χ2v) is 9.86. The van der Waals surface area contributed by atoms with Crippen molar-refractivity contribution >= 4 is 23.2 Å². The number of rotatable bonds is 8. The van der Waals surface area contributed by atoms with Crippen LogP contribution in [0.5, 0.6) is 5.88 Å². The number of primary amides is 1. The Morgan fingerprint density at radius 1 is 1.23 bits per heavy atom. The van der Waals surface area contributed by atoms with E-state index in [4.69, 9.17) is 20.8 Å². The van der Waals surface area contributed by atoms with E-state index < -0.39 is 5.91 Å². The van der Waals surface area contributed by atoms with Crippen LogP contribution in [0.15, 0.2) is 55.0 Å². The van der Waals surface area contributed by atoms with E-state index in [1.165, 1.54) is 0 Å². The van der Waals surface area contributed by atoms with Crippen LogP contribution in [0.1, 0.15) is 32.0 Å². The predicted octanol–water partition coefficient (Wildman–Crippen LogP) is 2.72. The van der Waals surface area contributed by atoms with Crippen molar-refractivity contribution in [2.45, 2.75) is 33.2 Å². The number of nitrogens with zero attached hydrogens (tertiary/aromatic N) is 8. The summed E-state index contributed by atoms with van der Waals surface area (Å²) in [6, 6.07) is 10.8. The maximum Gasteiger partial charge on any atom is 0.222 e. The van der Waals surface area contributed by atoms with Gasteiger partial charge in [-0.25, -0.2) is 9.97 Å². The van der Waals surface area contributed by atoms with E-state index in [9.17, 15) is 4.79 Å². The maximum atomic E-state index is 11.9. The quantitative estimate of drug-likeness (QED) is 0.351. The maximum absolute atomic E-state index is 11.9. The van der Waals surface area contributed by atoms with Gasteiger partial charge in [0.15, 0.2) is 17.2 Å². The molecule has 0 unspecified atom stereocenters. The van der Waals surface area contributed by atoms with Gasteiger partial charge in [0.2, 0.25) is 11.8 Å². The topological polar surface area (TPSA) is 160 Å². The zero-order valence-electron chi connectivity index (χ0n) is 21.9. The highest BCUT2D eigenvalue weighted by molar-refractivity contribution is 5.79. The van der Waals surface area contributed by atoms with Crippen molar-refractivity contribution in [2.24, 2.45) is 11.1 Å². The molecule has 0 saturated carbocycles. The van der Waals surface area contributed by atoms with E-state index in [1.807, 2.05) is 42.3 Å². The van der Waals surface area contributed by atoms with Crippen LogP contribution in [0.2, 0.25) is 0 Å². The molecule has 4 aromatic heterocycles. The minimum atomic E-state index is -0.466. The predicted molar refractivity (Wildman–Crippen MR) is 145 cm³/mol. The van der Waals surface area contributed by atoms with Gasteiger partial charge in [-0.2, -0.15) is 14.9 Å². The zero-order valence-corrected chi connectivity index (χ0v) is 21.9. The Labute approximate surface area is 225 Å². The molecule has 0 aromatic carbocycles. The lowest BCUT2D eigenvalue weighted by Crippen LogP contribution is -2.47. The summed E-state index contributed by atoms with van der Waals surface area (Å²) in [4.78, 5) is 22.8. The number of anilines is 2. The van der Waals surface area contributed by atoms with Crippen LogP contribution < -0.4 is 20.7 Å². The first-order chi connectivity index (χ1) is 18.8. The molecule has 5 rings (SSSR count). The van der Waals surface area contributed by atoms with Gasteiger partial charge in [0, 0.05) is 53.8 Å². The standard InChI is InChI=1S/C27H28N10O2/c1-4-39-25-8-5-17(14-31-25)20-12-24-30-15-18(11-22(29)38)26(37(24)35-20)32-21-9-10-36(16-27(21,2)3)23-7-6-19(13-28)33-34-23/h5-10,12,14-15,21,32H,4,11,16H2,1-3H3,(H2,29,38)/t21-/m1/s1. The fourth-order valence-corrected chi connectivity index (χ4v) is 4.47. The Morgan fingerprint density at radius 3 is 2.72 bits per heavy atom. The van der Waals surface area contributed by atoms with Gasteiger partial charge < -0.3 is 20.7 Å². The Morgan fingerprint density at radius 2 is 2.08 bits per heavy atom. The molecular weight excluding hydrogens is 496 g/mol. The first-order valence-electron chi connectivity index (χ1n) is 12.5. The Kier molecular flexibility index (Phi) is 6.81. The van der Waals surface area contributed by atoms with E-state index >= 15 is 0 Å². The molecule has 1 amide bonds. The van der Waals surface area contributed by atoms with Gasteiger partial charge in [-0.15, -0.1) is 10.2 Å². The van der Waals surface area contributed by atoms with Crippen molar-refractivity contribution < 1.29 is 9.53 Å². The third-order valence-corrected chi connectivity index (χ3v) is 6.48. The van der Waals surface area contributed by atoms with E-state index in [2.05, 4.69) is 39.3 Å². The highest BCUT2D eigenvalue weighted by Crippen LogP contribution is 2.33. The lowest BCUT2D eigenvalue weighted by Gasteiger charge is -2.41. The van der Waals surface area contributed by atoms with Gasteiger partial charge >= 0.3 is 0 Å². The highest BCUT2D eigenvalue weighted by Gasteiger charge is 2.34. The smallest absolute Gasteiger partial charge is 0.222 e. The van der Waals surface area contributed by atoms with Gasteiger partial charge in [-0.3, -0.25) is 4.79 Å². The minimum Gasteiger partial charge on any atom is -0.478 e. The van der Waals surface area contributed by atoms with Gasteiger partial charge in [-0.1, -0.05) is 13.8 Å². The number of aromatic nitrogens is 6. The summed E-state index contributed by atoms with van der Waals surface area (Å²) in [7, 11) is 0. The van der Waals surface area contributed by atoms with Crippen molar-refractivity contribution in [2.75, 3.05) is 23.4 Å². The van der Waals surface area contributed by atoms with E-state index in [1.54, 1.807) is 35.1 Å². The number of nitriles is 1. The van der Waals surface area contributed by atoms with Crippen molar-refractivity contribution in [1.29, 1.82) is 5.26 Å². The number of pyridine rings is 1. The molecule has 0 radical (unpaired) electrons. The third kappa shape index (κ3) is 5.33. The molecule has 39 heavy (non-hydrogen) atoms. The number of fused-ring (bicyclic) bond motifs is 1. The molecule has 12 heteroatoms. The zero-order chi connectivity index (χ0) is 27.6. The molecule has 0 spiro atoms. The summed E-state index contributed by atoms with van der Waals surface area (Å²) in [5.41, 5.74) is 8.29. The fourth-order valence-electron chi connectivity index (χ4n) is 4.47. The molecule has 0 fully saturated rings. The van der Waals surface area contributed by atoms with Crippen LogP contribution in [0.25, 0.3) is 16.9 Å². The molecule has 0 bridgehead atoms. The molecule has 4 aromatic rings. The van der Waals surface area contributed by atoms with Crippen molar-refractivity contribution in [3.8, 4) is 23.2 Å². The molecule has 5 heterocycles. The van der Waals surface area contributed by atoms with Crippen molar-refractivity contribution in [3.63, 3.8) is 0 Å². The van der Waals surface area contributed by atoms with Crippen LogP contribution in [0, 0.1) is 16.7 Å². The normalized spacial score (nSPS) is 16.2. The molecule has 3 N–H and O–H groups in total. The summed E-state index contributed by atoms with van der Waals surface area (Å²) in [5, 5.41) is 25.5. The van der Waals surface area contributed by atoms with Gasteiger partial charge in [0.25, 0.3) is 0 Å². The number of amides is 1. The fraction of sp³-hybridized carbons (Fsp3) is 0.296. The summed E-state index contributed by atoms with van der Waals surface area (Å²) < 4.78 is 7.15. The minimum absolute atomic E-state index is 0.00882. The lowest BCUT2D eigenvalue weighted by atomic mass is 9.81. The Balaban J connectivity index is 1.49. The average molecular weight is 525 g/mol. The summed E-state index contributed by atoms with van der Waals surface area (Å²) in [6.45, 7) is 7.33. The first kappa shape index (κ1) is 25.6.